The molecule has 0 saturated heterocycles. The summed E-state index contributed by atoms with van der Waals surface area (Å²) in [6.45, 7) is 0. The Bertz CT molecular complexity index is 1930. The van der Waals surface area contributed by atoms with Crippen molar-refractivity contribution in [1.29, 1.82) is 0 Å². The lowest BCUT2D eigenvalue weighted by Crippen LogP contribution is -2.06. The van der Waals surface area contributed by atoms with Crippen molar-refractivity contribution < 1.29 is 44.0 Å². The number of phenols is 1. The van der Waals surface area contributed by atoms with Gasteiger partial charge in [0.25, 0.3) is 30.4 Å². The van der Waals surface area contributed by atoms with E-state index in [1.807, 2.05) is 0 Å². The maximum atomic E-state index is 12.1. The summed E-state index contributed by atoms with van der Waals surface area (Å²) in [6, 6.07) is 11.5. The largest absolute Gasteiger partial charge is 0.504 e. The Morgan fingerprint density at radius 3 is 1.89 bits per heavy atom. The van der Waals surface area contributed by atoms with Crippen molar-refractivity contribution in [3.05, 3.63) is 54.6 Å². The van der Waals surface area contributed by atoms with Gasteiger partial charge in [-0.1, -0.05) is 24.3 Å². The van der Waals surface area contributed by atoms with Crippen molar-refractivity contribution in [1.82, 2.24) is 0 Å². The zero-order valence-electron chi connectivity index (χ0n) is 17.5. The van der Waals surface area contributed by atoms with Gasteiger partial charge in [-0.15, -0.1) is 22.9 Å². The van der Waals surface area contributed by atoms with E-state index in [1.54, 1.807) is 30.3 Å². The fraction of sp³-hybridized carbons (Fsp3) is 0. The van der Waals surface area contributed by atoms with Gasteiger partial charge in [-0.3, -0.25) is 13.7 Å². The van der Waals surface area contributed by atoms with E-state index in [0.717, 1.165) is 0 Å². The highest BCUT2D eigenvalue weighted by atomic mass is 32.2. The van der Waals surface area contributed by atoms with Crippen LogP contribution in [-0.2, 0) is 30.4 Å². The molecule has 0 aliphatic heterocycles. The topological polar surface area (TPSA) is 208 Å². The Kier molecular flexibility index (Phi) is 6.32. The molecule has 0 bridgehead atoms. The predicted octanol–water partition coefficient (Wildman–Crippen LogP) is 4.14. The summed E-state index contributed by atoms with van der Waals surface area (Å²) in [6.07, 6.45) is 0. The third-order valence-electron chi connectivity index (χ3n) is 5.08. The van der Waals surface area contributed by atoms with E-state index in [1.165, 1.54) is 6.07 Å². The van der Waals surface area contributed by atoms with E-state index >= 15 is 0 Å². The molecule has 0 aliphatic rings. The van der Waals surface area contributed by atoms with Crippen LogP contribution in [0.15, 0.2) is 84.4 Å². The lowest BCUT2D eigenvalue weighted by Gasteiger charge is -2.13. The van der Waals surface area contributed by atoms with Crippen LogP contribution in [0.25, 0.3) is 21.5 Å². The first-order valence-electron chi connectivity index (χ1n) is 9.47. The quantitative estimate of drug-likeness (QED) is 0.131. The molecule has 4 aromatic rings. The lowest BCUT2D eigenvalue weighted by molar-refractivity contribution is 0.445. The van der Waals surface area contributed by atoms with E-state index in [0.29, 0.717) is 33.9 Å². The van der Waals surface area contributed by atoms with Crippen LogP contribution in [0.3, 0.4) is 0 Å². The van der Waals surface area contributed by atoms with E-state index in [2.05, 4.69) is 22.9 Å². The molecular formula is C20H14N2O10S4. The molecule has 0 fully saturated rings. The van der Waals surface area contributed by atoms with Gasteiger partial charge in [0.05, 0.1) is 10.6 Å². The van der Waals surface area contributed by atoms with Crippen LogP contribution in [0.1, 0.15) is 0 Å². The van der Waals surface area contributed by atoms with Crippen LogP contribution >= 0.6 is 12.6 Å². The number of fused-ring (bicyclic) bond motifs is 2. The molecule has 0 atom stereocenters. The van der Waals surface area contributed by atoms with Gasteiger partial charge < -0.3 is 5.11 Å². The molecule has 4 rings (SSSR count). The Hall–Kier alpha value is -3.12. The molecule has 0 amide bonds. The van der Waals surface area contributed by atoms with Gasteiger partial charge in [-0.2, -0.15) is 25.3 Å². The zero-order valence-corrected chi connectivity index (χ0v) is 20.8. The second-order valence-electron chi connectivity index (χ2n) is 7.37. The first-order chi connectivity index (χ1) is 16.6. The molecule has 0 aromatic heterocycles. The van der Waals surface area contributed by atoms with Gasteiger partial charge in [-0.25, -0.2) is 0 Å². The first kappa shape index (κ1) is 26.0. The van der Waals surface area contributed by atoms with Crippen molar-refractivity contribution in [2.45, 2.75) is 19.6 Å². The molecule has 0 unspecified atom stereocenters. The zero-order chi connectivity index (χ0) is 26.6. The van der Waals surface area contributed by atoms with E-state index < -0.39 is 67.3 Å². The minimum Gasteiger partial charge on any atom is -0.504 e. The highest BCUT2D eigenvalue weighted by Crippen LogP contribution is 2.45. The molecule has 0 saturated carbocycles. The number of aromatic hydroxyl groups is 1. The number of thiol groups is 1. The summed E-state index contributed by atoms with van der Waals surface area (Å²) >= 11 is 4.35. The molecule has 0 spiro atoms. The normalized spacial score (nSPS) is 13.1. The SMILES string of the molecule is O=S(=O)(O)c1cc(S(=O)(=O)O)c2c(N=Nc3ccc(S)c4ccccc34)c(O)c(S(=O)(=O)O)cc2c1. The van der Waals surface area contributed by atoms with Crippen LogP contribution < -0.4 is 0 Å². The third-order valence-corrected chi connectivity index (χ3v) is 8.04. The minimum absolute atomic E-state index is 0.191. The van der Waals surface area contributed by atoms with E-state index in [9.17, 15) is 44.0 Å². The maximum absolute atomic E-state index is 12.1. The molecule has 0 aliphatic carbocycles. The highest BCUT2D eigenvalue weighted by Gasteiger charge is 2.28. The summed E-state index contributed by atoms with van der Waals surface area (Å²) in [7, 11) is -15.4. The lowest BCUT2D eigenvalue weighted by atomic mass is 10.1. The van der Waals surface area contributed by atoms with Crippen LogP contribution in [0, 0.1) is 0 Å². The Morgan fingerprint density at radius 2 is 1.31 bits per heavy atom. The Morgan fingerprint density at radius 1 is 0.694 bits per heavy atom. The van der Waals surface area contributed by atoms with E-state index in [-0.39, 0.29) is 5.69 Å². The van der Waals surface area contributed by atoms with Crippen LogP contribution in [0.2, 0.25) is 0 Å². The number of azo groups is 1. The fourth-order valence-electron chi connectivity index (χ4n) is 3.53. The summed E-state index contributed by atoms with van der Waals surface area (Å²) < 4.78 is 100. The number of rotatable bonds is 5. The molecule has 4 N–H and O–H groups in total. The van der Waals surface area contributed by atoms with E-state index in [4.69, 9.17) is 0 Å². The first-order valence-corrected chi connectivity index (χ1v) is 14.2. The second kappa shape index (κ2) is 8.77. The summed E-state index contributed by atoms with van der Waals surface area (Å²) in [5.74, 6) is -1.23. The standard InChI is InChI=1S/C20H14N2O10S4/c23-20-17(36(30,31)32)8-10-7-11(34(24,25)26)9-16(35(27,28)29)18(10)19(20)22-21-14-5-6-15(33)13-4-2-1-3-12(13)14/h1-9,23,33H,(H,24,25,26)(H,27,28,29)(H,30,31,32). The summed E-state index contributed by atoms with van der Waals surface area (Å²) in [5, 5.41) is 18.5. The average molecular weight is 571 g/mol. The predicted molar refractivity (Wildman–Crippen MR) is 130 cm³/mol. The van der Waals surface area contributed by atoms with Gasteiger partial charge in [0.1, 0.15) is 15.5 Å². The molecule has 16 heteroatoms. The Labute approximate surface area is 209 Å². The van der Waals surface area contributed by atoms with Crippen molar-refractivity contribution in [2.75, 3.05) is 0 Å². The molecular weight excluding hydrogens is 556 g/mol. The summed E-state index contributed by atoms with van der Waals surface area (Å²) in [5.41, 5.74) is -0.634. The number of hydrogen-bond donors (Lipinski definition) is 5. The molecule has 36 heavy (non-hydrogen) atoms. The fourth-order valence-corrected chi connectivity index (χ4v) is 5.78. The maximum Gasteiger partial charge on any atom is 0.298 e. The van der Waals surface area contributed by atoms with Gasteiger partial charge in [0.2, 0.25) is 0 Å². The summed E-state index contributed by atoms with van der Waals surface area (Å²) in [4.78, 5) is -2.71. The number of benzene rings is 4. The number of phenolic OH excluding ortho intramolecular Hbond substituents is 1. The van der Waals surface area contributed by atoms with Crippen LogP contribution in [0.4, 0.5) is 11.4 Å². The molecule has 188 valence electrons. The van der Waals surface area contributed by atoms with Crippen molar-refractivity contribution in [3.63, 3.8) is 0 Å². The molecule has 0 heterocycles. The molecule has 4 aromatic carbocycles. The smallest absolute Gasteiger partial charge is 0.298 e. The van der Waals surface area contributed by atoms with Gasteiger partial charge in [-0.05, 0) is 41.1 Å². The van der Waals surface area contributed by atoms with Crippen LogP contribution in [-0.4, -0.2) is 44.0 Å². The molecule has 0 radical (unpaired) electrons. The number of hydrogen-bond acceptors (Lipinski definition) is 10. The number of nitrogens with zero attached hydrogens (tertiary/aromatic N) is 2. The van der Waals surface area contributed by atoms with Gasteiger partial charge in [0.15, 0.2) is 5.75 Å². The van der Waals surface area contributed by atoms with Crippen LogP contribution in [0.5, 0.6) is 5.75 Å². The monoisotopic (exact) mass is 570 g/mol. The van der Waals surface area contributed by atoms with Gasteiger partial charge in [0, 0.05) is 15.7 Å². The highest BCUT2D eigenvalue weighted by molar-refractivity contribution is 7.87. The van der Waals surface area contributed by atoms with Crippen molar-refractivity contribution in [3.8, 4) is 5.75 Å². The third kappa shape index (κ3) is 4.79. The van der Waals surface area contributed by atoms with Gasteiger partial charge >= 0.3 is 0 Å². The average Bonchev–Trinajstić information content (AvgIpc) is 2.76. The second-order valence-corrected chi connectivity index (χ2v) is 12.0. The molecule has 12 nitrogen and oxygen atoms in total. The minimum atomic E-state index is -5.23. The van der Waals surface area contributed by atoms with Crippen molar-refractivity contribution in [2.24, 2.45) is 10.2 Å². The van der Waals surface area contributed by atoms with Crippen molar-refractivity contribution >= 4 is 75.9 Å². The Balaban J connectivity index is 2.16.